The highest BCUT2D eigenvalue weighted by Gasteiger charge is 2.45. The number of nitrogens with zero attached hydrogens (tertiary/aromatic N) is 1. The zero-order chi connectivity index (χ0) is 26.0. The molecule has 2 aliphatic rings. The fourth-order valence-corrected chi connectivity index (χ4v) is 5.30. The van der Waals surface area contributed by atoms with E-state index in [0.29, 0.717) is 37.1 Å². The van der Waals surface area contributed by atoms with E-state index in [9.17, 15) is 18.8 Å². The number of hydrogen-bond donors (Lipinski definition) is 2. The molecule has 2 aromatic rings. The van der Waals surface area contributed by atoms with E-state index >= 15 is 0 Å². The Kier molecular flexibility index (Phi) is 7.49. The molecule has 0 spiro atoms. The molecule has 1 aromatic carbocycles. The topological polar surface area (TPSA) is 101 Å². The molecule has 0 bridgehead atoms. The molecule has 4 atom stereocenters. The number of halogens is 1. The highest BCUT2D eigenvalue weighted by Crippen LogP contribution is 2.33. The summed E-state index contributed by atoms with van der Waals surface area (Å²) in [6.45, 7) is 6.72. The van der Waals surface area contributed by atoms with Crippen molar-refractivity contribution in [1.29, 1.82) is 0 Å². The molecule has 2 heterocycles. The Balaban J connectivity index is 1.40. The lowest BCUT2D eigenvalue weighted by Gasteiger charge is -2.41. The van der Waals surface area contributed by atoms with E-state index < -0.39 is 17.9 Å². The van der Waals surface area contributed by atoms with Crippen LogP contribution in [0.15, 0.2) is 40.8 Å². The van der Waals surface area contributed by atoms with Crippen molar-refractivity contribution < 1.29 is 27.9 Å². The second-order valence-corrected chi connectivity index (χ2v) is 10.6. The average Bonchev–Trinajstić information content (AvgIpc) is 3.46. The van der Waals surface area contributed by atoms with Crippen LogP contribution in [0.2, 0.25) is 0 Å². The van der Waals surface area contributed by atoms with E-state index in [2.05, 4.69) is 31.4 Å². The molecule has 2 amide bonds. The molecule has 9 heteroatoms. The Morgan fingerprint density at radius 3 is 2.47 bits per heavy atom. The Morgan fingerprint density at radius 2 is 1.81 bits per heavy atom. The van der Waals surface area contributed by atoms with Crippen LogP contribution >= 0.6 is 0 Å². The molecule has 1 aliphatic heterocycles. The number of likely N-dealkylation sites (tertiary alicyclic amines) is 1. The van der Waals surface area contributed by atoms with E-state index in [-0.39, 0.29) is 41.1 Å². The minimum Gasteiger partial charge on any atom is -0.469 e. The first-order chi connectivity index (χ1) is 17.1. The molecule has 1 saturated carbocycles. The monoisotopic (exact) mass is 499 g/mol. The van der Waals surface area contributed by atoms with Gasteiger partial charge in [-0.2, -0.15) is 0 Å². The van der Waals surface area contributed by atoms with Gasteiger partial charge in [-0.25, -0.2) is 4.39 Å². The molecule has 0 unspecified atom stereocenters. The van der Waals surface area contributed by atoms with Crippen molar-refractivity contribution in [2.75, 3.05) is 13.7 Å². The Labute approximate surface area is 210 Å². The number of rotatable bonds is 6. The van der Waals surface area contributed by atoms with Gasteiger partial charge in [0.2, 0.25) is 5.91 Å². The number of esters is 1. The van der Waals surface area contributed by atoms with Gasteiger partial charge in [0.05, 0.1) is 13.0 Å². The normalized spacial score (nSPS) is 24.6. The van der Waals surface area contributed by atoms with Crippen LogP contribution in [0, 0.1) is 11.7 Å². The largest absolute Gasteiger partial charge is 0.469 e. The van der Waals surface area contributed by atoms with Crippen LogP contribution in [-0.2, 0) is 14.3 Å². The first-order valence-corrected chi connectivity index (χ1v) is 12.4. The van der Waals surface area contributed by atoms with Crippen LogP contribution in [0.3, 0.4) is 0 Å². The highest BCUT2D eigenvalue weighted by molar-refractivity contribution is 5.96. The number of methoxy groups -OCH3 is 1. The second-order valence-electron chi connectivity index (χ2n) is 10.6. The van der Waals surface area contributed by atoms with E-state index in [1.807, 2.05) is 0 Å². The average molecular weight is 500 g/mol. The first-order valence-electron chi connectivity index (χ1n) is 12.4. The molecule has 2 N–H and O–H groups in total. The van der Waals surface area contributed by atoms with Gasteiger partial charge in [-0.1, -0.05) is 0 Å². The van der Waals surface area contributed by atoms with Crippen LogP contribution < -0.4 is 10.6 Å². The zero-order valence-corrected chi connectivity index (χ0v) is 21.2. The van der Waals surface area contributed by atoms with Gasteiger partial charge in [0.15, 0.2) is 5.76 Å². The minimum atomic E-state index is -0.694. The fraction of sp³-hybridized carbons (Fsp3) is 0.519. The van der Waals surface area contributed by atoms with Gasteiger partial charge in [-0.05, 0) is 82.9 Å². The zero-order valence-electron chi connectivity index (χ0n) is 21.2. The minimum absolute atomic E-state index is 0.0711. The molecule has 4 rings (SSSR count). The van der Waals surface area contributed by atoms with Crippen LogP contribution in [0.4, 0.5) is 4.39 Å². The number of benzene rings is 1. The summed E-state index contributed by atoms with van der Waals surface area (Å²) in [6.07, 6.45) is 2.56. The molecule has 1 saturated heterocycles. The van der Waals surface area contributed by atoms with Crippen molar-refractivity contribution in [2.45, 2.75) is 70.1 Å². The Bertz CT molecular complexity index is 1110. The smallest absolute Gasteiger partial charge is 0.310 e. The quantitative estimate of drug-likeness (QED) is 0.590. The molecule has 1 aromatic heterocycles. The number of carbonyl (C=O) groups excluding carboxylic acids is 3. The summed E-state index contributed by atoms with van der Waals surface area (Å²) in [6, 6.07) is 8.13. The van der Waals surface area contributed by atoms with Crippen LogP contribution in [0.5, 0.6) is 0 Å². The number of carbonyl (C=O) groups is 3. The van der Waals surface area contributed by atoms with Gasteiger partial charge in [-0.3, -0.25) is 14.4 Å². The van der Waals surface area contributed by atoms with Crippen LogP contribution in [-0.4, -0.2) is 60.0 Å². The maximum absolute atomic E-state index is 13.3. The number of furan rings is 1. The van der Waals surface area contributed by atoms with E-state index in [1.54, 1.807) is 23.1 Å². The van der Waals surface area contributed by atoms with Gasteiger partial charge in [-0.15, -0.1) is 0 Å². The van der Waals surface area contributed by atoms with Crippen LogP contribution in [0.1, 0.15) is 57.0 Å². The molecular formula is C27H34FN3O5. The summed E-state index contributed by atoms with van der Waals surface area (Å²) in [5.41, 5.74) is 0.559. The van der Waals surface area contributed by atoms with E-state index in [0.717, 1.165) is 6.42 Å². The van der Waals surface area contributed by atoms with Crippen LogP contribution in [0.25, 0.3) is 11.3 Å². The van der Waals surface area contributed by atoms with Crippen molar-refractivity contribution >= 4 is 17.8 Å². The number of nitrogens with one attached hydrogen (secondary N) is 2. The summed E-state index contributed by atoms with van der Waals surface area (Å²) in [5.74, 6) is -1.29. The Hall–Kier alpha value is -3.20. The van der Waals surface area contributed by atoms with Gasteiger partial charge >= 0.3 is 5.97 Å². The van der Waals surface area contributed by atoms with Crippen molar-refractivity contribution in [2.24, 2.45) is 5.92 Å². The summed E-state index contributed by atoms with van der Waals surface area (Å²) >= 11 is 0. The highest BCUT2D eigenvalue weighted by atomic mass is 19.1. The number of amides is 2. The van der Waals surface area contributed by atoms with Crippen molar-refractivity contribution in [1.82, 2.24) is 15.5 Å². The molecule has 0 radical (unpaired) electrons. The third-order valence-electron chi connectivity index (χ3n) is 6.86. The standard InChI is InChI=1S/C27H34FN3O5/c1-27(2,3)30-18-9-10-21(19(15-18)26(34)35-4)31-14-13-20(25(31)33)29-24(32)23-12-11-22(36-23)16-5-7-17(28)8-6-16/h5-8,11-12,18-21,30H,9-10,13-15H2,1-4H3,(H,29,32)/t18-,19-,20+,21+/m1/s1. The number of ether oxygens (including phenoxy) is 1. The third kappa shape index (κ3) is 5.78. The maximum atomic E-state index is 13.3. The molecule has 2 fully saturated rings. The summed E-state index contributed by atoms with van der Waals surface area (Å²) in [4.78, 5) is 40.5. The van der Waals surface area contributed by atoms with Crippen molar-refractivity contribution in [3.63, 3.8) is 0 Å². The first kappa shape index (κ1) is 25.9. The third-order valence-corrected chi connectivity index (χ3v) is 6.86. The van der Waals surface area contributed by atoms with Gasteiger partial charge in [0.25, 0.3) is 5.91 Å². The fourth-order valence-electron chi connectivity index (χ4n) is 5.30. The summed E-state index contributed by atoms with van der Waals surface area (Å²) in [7, 11) is 1.37. The SMILES string of the molecule is COC(=O)[C@@H]1C[C@H](NC(C)(C)C)CC[C@@H]1N1CC[C@H](NC(=O)c2ccc(-c3ccc(F)cc3)o2)C1=O. The molecule has 194 valence electrons. The maximum Gasteiger partial charge on any atom is 0.310 e. The van der Waals surface area contributed by atoms with Gasteiger partial charge < -0.3 is 24.7 Å². The predicted octanol–water partition coefficient (Wildman–Crippen LogP) is 3.51. The van der Waals surface area contributed by atoms with E-state index in [1.165, 1.54) is 25.3 Å². The summed E-state index contributed by atoms with van der Waals surface area (Å²) < 4.78 is 23.9. The van der Waals surface area contributed by atoms with Gasteiger partial charge in [0, 0.05) is 29.7 Å². The Morgan fingerprint density at radius 1 is 1.08 bits per heavy atom. The molecule has 1 aliphatic carbocycles. The van der Waals surface area contributed by atoms with Gasteiger partial charge in [0.1, 0.15) is 17.6 Å². The molecule has 36 heavy (non-hydrogen) atoms. The lowest BCUT2D eigenvalue weighted by atomic mass is 9.80. The predicted molar refractivity (Wildman–Crippen MR) is 132 cm³/mol. The second kappa shape index (κ2) is 10.4. The number of hydrogen-bond acceptors (Lipinski definition) is 6. The summed E-state index contributed by atoms with van der Waals surface area (Å²) in [5, 5.41) is 6.34. The lowest BCUT2D eigenvalue weighted by molar-refractivity contribution is -0.151. The molecule has 8 nitrogen and oxygen atoms in total. The van der Waals surface area contributed by atoms with E-state index in [4.69, 9.17) is 9.15 Å². The van der Waals surface area contributed by atoms with Crippen molar-refractivity contribution in [3.05, 3.63) is 48.0 Å². The van der Waals surface area contributed by atoms with Crippen molar-refractivity contribution in [3.8, 4) is 11.3 Å². The lowest BCUT2D eigenvalue weighted by Crippen LogP contribution is -2.55. The molecular weight excluding hydrogens is 465 g/mol.